The van der Waals surface area contributed by atoms with Crippen molar-refractivity contribution in [3.8, 4) is 0 Å². The number of benzene rings is 1. The maximum absolute atomic E-state index is 11.1. The molecule has 0 unspecified atom stereocenters. The molecule has 3 rings (SSSR count). The standard InChI is InChI=1S/C11H10BrN3O2/c12-7-1-2-9(15(16)17)10-6-5-13-4-3-8(6)14-11(7)10/h1-2,13-14H,3-5H2. The van der Waals surface area contributed by atoms with Crippen LogP contribution in [0.25, 0.3) is 10.9 Å². The number of hydrogen-bond donors (Lipinski definition) is 2. The number of H-pyrrole nitrogens is 1. The van der Waals surface area contributed by atoms with Crippen LogP contribution in [0.4, 0.5) is 5.69 Å². The molecule has 6 heteroatoms. The number of nitro benzene ring substituents is 1. The average Bonchev–Trinajstić information content (AvgIpc) is 2.69. The Bertz CT molecular complexity index is 621. The molecule has 1 aromatic carbocycles. The second-order valence-electron chi connectivity index (χ2n) is 4.08. The van der Waals surface area contributed by atoms with E-state index in [-0.39, 0.29) is 10.6 Å². The van der Waals surface area contributed by atoms with Crippen LogP contribution in [0, 0.1) is 10.1 Å². The summed E-state index contributed by atoms with van der Waals surface area (Å²) in [5.41, 5.74) is 3.13. The molecule has 1 aromatic heterocycles. The topological polar surface area (TPSA) is 71.0 Å². The Morgan fingerprint density at radius 2 is 2.24 bits per heavy atom. The second kappa shape index (κ2) is 3.82. The van der Waals surface area contributed by atoms with Crippen molar-refractivity contribution in [2.45, 2.75) is 13.0 Å². The molecule has 0 fully saturated rings. The first kappa shape index (κ1) is 10.7. The van der Waals surface area contributed by atoms with Crippen LogP contribution >= 0.6 is 15.9 Å². The van der Waals surface area contributed by atoms with Gasteiger partial charge in [0.2, 0.25) is 0 Å². The molecule has 0 amide bonds. The van der Waals surface area contributed by atoms with Crippen molar-refractivity contribution >= 4 is 32.5 Å². The van der Waals surface area contributed by atoms with Crippen LogP contribution in [0.15, 0.2) is 16.6 Å². The second-order valence-corrected chi connectivity index (χ2v) is 4.94. The molecule has 2 heterocycles. The molecule has 17 heavy (non-hydrogen) atoms. The van der Waals surface area contributed by atoms with Gasteiger partial charge in [0, 0.05) is 41.3 Å². The van der Waals surface area contributed by atoms with Gasteiger partial charge in [-0.05, 0) is 22.0 Å². The lowest BCUT2D eigenvalue weighted by atomic mass is 10.0. The first-order valence-corrected chi connectivity index (χ1v) is 6.15. The van der Waals surface area contributed by atoms with Crippen LogP contribution in [0.2, 0.25) is 0 Å². The summed E-state index contributed by atoms with van der Waals surface area (Å²) >= 11 is 3.43. The Balaban J connectivity index is 2.41. The Morgan fingerprint density at radius 3 is 3.00 bits per heavy atom. The predicted octanol–water partition coefficient (Wildman–Crippen LogP) is 2.48. The number of hydrogen-bond acceptors (Lipinski definition) is 3. The van der Waals surface area contributed by atoms with E-state index in [1.807, 2.05) is 0 Å². The van der Waals surface area contributed by atoms with Gasteiger partial charge in [-0.25, -0.2) is 0 Å². The summed E-state index contributed by atoms with van der Waals surface area (Å²) in [6.07, 6.45) is 0.883. The van der Waals surface area contributed by atoms with Gasteiger partial charge in [0.15, 0.2) is 0 Å². The lowest BCUT2D eigenvalue weighted by Crippen LogP contribution is -2.23. The number of non-ortho nitro benzene ring substituents is 1. The molecule has 2 aromatic rings. The molecule has 2 N–H and O–H groups in total. The summed E-state index contributed by atoms with van der Waals surface area (Å²) in [4.78, 5) is 14.0. The van der Waals surface area contributed by atoms with Crippen molar-refractivity contribution in [2.75, 3.05) is 6.54 Å². The Morgan fingerprint density at radius 1 is 1.41 bits per heavy atom. The van der Waals surface area contributed by atoms with Crippen LogP contribution in [-0.2, 0) is 13.0 Å². The maximum Gasteiger partial charge on any atom is 0.279 e. The number of aromatic amines is 1. The first-order chi connectivity index (χ1) is 8.18. The Hall–Kier alpha value is -1.40. The van der Waals surface area contributed by atoms with Gasteiger partial charge in [-0.1, -0.05) is 0 Å². The van der Waals surface area contributed by atoms with Crippen LogP contribution in [0.5, 0.6) is 0 Å². The Labute approximate surface area is 105 Å². The third-order valence-electron chi connectivity index (χ3n) is 3.12. The Kier molecular flexibility index (Phi) is 2.41. The molecular weight excluding hydrogens is 286 g/mol. The largest absolute Gasteiger partial charge is 0.357 e. The quantitative estimate of drug-likeness (QED) is 0.627. The number of nitro groups is 1. The summed E-state index contributed by atoms with van der Waals surface area (Å²) in [7, 11) is 0. The molecule has 0 spiro atoms. The zero-order valence-electron chi connectivity index (χ0n) is 8.92. The van der Waals surface area contributed by atoms with Crippen LogP contribution in [0.3, 0.4) is 0 Å². The van der Waals surface area contributed by atoms with Crippen molar-refractivity contribution in [1.82, 2.24) is 10.3 Å². The van der Waals surface area contributed by atoms with E-state index in [1.165, 1.54) is 0 Å². The van der Waals surface area contributed by atoms with Crippen LogP contribution in [0.1, 0.15) is 11.3 Å². The molecule has 0 saturated carbocycles. The first-order valence-electron chi connectivity index (χ1n) is 5.35. The van der Waals surface area contributed by atoms with Gasteiger partial charge >= 0.3 is 0 Å². The van der Waals surface area contributed by atoms with Crippen LogP contribution < -0.4 is 5.32 Å². The third-order valence-corrected chi connectivity index (χ3v) is 3.79. The van der Waals surface area contributed by atoms with E-state index in [4.69, 9.17) is 0 Å². The lowest BCUT2D eigenvalue weighted by Gasteiger charge is -2.12. The van der Waals surface area contributed by atoms with E-state index in [0.29, 0.717) is 6.54 Å². The highest BCUT2D eigenvalue weighted by atomic mass is 79.9. The van der Waals surface area contributed by atoms with Crippen molar-refractivity contribution in [2.24, 2.45) is 0 Å². The molecular formula is C11H10BrN3O2. The van der Waals surface area contributed by atoms with Gasteiger partial charge in [-0.3, -0.25) is 10.1 Å². The summed E-state index contributed by atoms with van der Waals surface area (Å²) in [6, 6.07) is 3.27. The summed E-state index contributed by atoms with van der Waals surface area (Å²) in [5.74, 6) is 0. The molecule has 88 valence electrons. The SMILES string of the molecule is O=[N+]([O-])c1ccc(Br)c2[nH]c3c(c12)CNCC3. The van der Waals surface area contributed by atoms with E-state index in [1.54, 1.807) is 12.1 Å². The molecule has 1 aliphatic heterocycles. The average molecular weight is 296 g/mol. The monoisotopic (exact) mass is 295 g/mol. The number of rotatable bonds is 1. The van der Waals surface area contributed by atoms with Gasteiger partial charge in [0.1, 0.15) is 0 Å². The van der Waals surface area contributed by atoms with E-state index in [2.05, 4.69) is 26.2 Å². The minimum atomic E-state index is -0.322. The maximum atomic E-state index is 11.1. The minimum Gasteiger partial charge on any atom is -0.357 e. The van der Waals surface area contributed by atoms with E-state index < -0.39 is 0 Å². The molecule has 0 radical (unpaired) electrons. The number of aromatic nitrogens is 1. The van der Waals surface area contributed by atoms with Crippen molar-refractivity contribution in [3.63, 3.8) is 0 Å². The van der Waals surface area contributed by atoms with E-state index in [9.17, 15) is 10.1 Å². The predicted molar refractivity (Wildman–Crippen MR) is 68.1 cm³/mol. The normalized spacial score (nSPS) is 14.9. The van der Waals surface area contributed by atoms with Gasteiger partial charge in [-0.15, -0.1) is 0 Å². The van der Waals surface area contributed by atoms with Crippen molar-refractivity contribution in [1.29, 1.82) is 0 Å². The fourth-order valence-corrected chi connectivity index (χ4v) is 2.79. The van der Waals surface area contributed by atoms with Crippen molar-refractivity contribution in [3.05, 3.63) is 38.0 Å². The molecule has 0 bridgehead atoms. The summed E-state index contributed by atoms with van der Waals surface area (Å²) < 4.78 is 0.868. The number of fused-ring (bicyclic) bond motifs is 3. The summed E-state index contributed by atoms with van der Waals surface area (Å²) in [5, 5.41) is 15.0. The molecule has 1 aliphatic rings. The smallest absolute Gasteiger partial charge is 0.279 e. The van der Waals surface area contributed by atoms with E-state index >= 15 is 0 Å². The van der Waals surface area contributed by atoms with Gasteiger partial charge in [-0.2, -0.15) is 0 Å². The fourth-order valence-electron chi connectivity index (χ4n) is 2.36. The zero-order chi connectivity index (χ0) is 12.0. The minimum absolute atomic E-state index is 0.171. The highest BCUT2D eigenvalue weighted by molar-refractivity contribution is 9.10. The van der Waals surface area contributed by atoms with Gasteiger partial charge in [0.05, 0.1) is 15.8 Å². The highest BCUT2D eigenvalue weighted by Gasteiger charge is 2.23. The molecule has 0 atom stereocenters. The molecule has 5 nitrogen and oxygen atoms in total. The number of nitrogens with zero attached hydrogens (tertiary/aromatic N) is 1. The zero-order valence-corrected chi connectivity index (χ0v) is 10.5. The number of halogens is 1. The van der Waals surface area contributed by atoms with Crippen molar-refractivity contribution < 1.29 is 4.92 Å². The summed E-state index contributed by atoms with van der Waals surface area (Å²) in [6.45, 7) is 1.60. The highest BCUT2D eigenvalue weighted by Crippen LogP contribution is 2.36. The molecule has 0 aliphatic carbocycles. The fraction of sp³-hybridized carbons (Fsp3) is 0.273. The van der Waals surface area contributed by atoms with Gasteiger partial charge in [0.25, 0.3) is 5.69 Å². The lowest BCUT2D eigenvalue weighted by molar-refractivity contribution is -0.383. The van der Waals surface area contributed by atoms with E-state index in [0.717, 1.165) is 39.6 Å². The van der Waals surface area contributed by atoms with Gasteiger partial charge < -0.3 is 10.3 Å². The molecule has 0 saturated heterocycles. The van der Waals surface area contributed by atoms with Crippen LogP contribution in [-0.4, -0.2) is 16.5 Å². The third kappa shape index (κ3) is 1.56. The number of nitrogens with one attached hydrogen (secondary N) is 2.